The number of halogens is 3. The molecular weight excluding hydrogens is 439 g/mol. The summed E-state index contributed by atoms with van der Waals surface area (Å²) < 4.78 is 12.2. The fourth-order valence-corrected chi connectivity index (χ4v) is 3.09. The van der Waals surface area contributed by atoms with Crippen LogP contribution in [0.25, 0.3) is 17.1 Å². The molecule has 0 fully saturated rings. The molecule has 3 aromatic rings. The number of methoxy groups -OCH3 is 1. The maximum absolute atomic E-state index is 11.4. The minimum Gasteiger partial charge on any atom is -0.460 e. The molecule has 0 atom stereocenters. The zero-order chi connectivity index (χ0) is 20.8. The lowest BCUT2D eigenvalue weighted by molar-refractivity contribution is -0.113. The van der Waals surface area contributed by atoms with E-state index in [-0.39, 0.29) is 17.8 Å². The van der Waals surface area contributed by atoms with Crippen molar-refractivity contribution in [1.82, 2.24) is 14.8 Å². The standard InChI is InChI=1S/C19H17Cl3N4O3/c1-28-6-7-29-19-24-18(12-8-13(21)10-14(22)9-12)26(25-19)16-4-2-15(3-5-16)23-17(27)11-20/h2-5,8-10H,6-7,11H2,1H3,(H,23,27). The van der Waals surface area contributed by atoms with Gasteiger partial charge in [0.15, 0.2) is 5.82 Å². The quantitative estimate of drug-likeness (QED) is 0.401. The van der Waals surface area contributed by atoms with Crippen molar-refractivity contribution in [3.05, 3.63) is 52.5 Å². The summed E-state index contributed by atoms with van der Waals surface area (Å²) in [4.78, 5) is 15.9. The van der Waals surface area contributed by atoms with Crippen LogP contribution in [0.15, 0.2) is 42.5 Å². The van der Waals surface area contributed by atoms with Crippen molar-refractivity contribution >= 4 is 46.4 Å². The van der Waals surface area contributed by atoms with Crippen molar-refractivity contribution in [3.8, 4) is 23.1 Å². The van der Waals surface area contributed by atoms with Gasteiger partial charge in [0.25, 0.3) is 0 Å². The van der Waals surface area contributed by atoms with Gasteiger partial charge in [-0.05, 0) is 42.5 Å². The molecule has 1 aromatic heterocycles. The summed E-state index contributed by atoms with van der Waals surface area (Å²) in [5, 5.41) is 8.06. The number of hydrogen-bond donors (Lipinski definition) is 1. The van der Waals surface area contributed by atoms with Crippen molar-refractivity contribution in [2.24, 2.45) is 0 Å². The first-order chi connectivity index (χ1) is 14.0. The van der Waals surface area contributed by atoms with Crippen LogP contribution in [0.4, 0.5) is 5.69 Å². The molecule has 0 aliphatic rings. The molecule has 29 heavy (non-hydrogen) atoms. The highest BCUT2D eigenvalue weighted by molar-refractivity contribution is 6.35. The van der Waals surface area contributed by atoms with E-state index in [9.17, 15) is 4.79 Å². The number of rotatable bonds is 8. The van der Waals surface area contributed by atoms with Crippen LogP contribution in [0.1, 0.15) is 0 Å². The van der Waals surface area contributed by atoms with Gasteiger partial charge >= 0.3 is 6.01 Å². The monoisotopic (exact) mass is 454 g/mol. The number of aromatic nitrogens is 3. The lowest BCUT2D eigenvalue weighted by Crippen LogP contribution is -2.12. The second-order valence-corrected chi connectivity index (χ2v) is 7.00. The Labute approximate surface area is 182 Å². The number of nitrogens with zero attached hydrogens (tertiary/aromatic N) is 3. The second kappa shape index (κ2) is 9.93. The number of amides is 1. The molecule has 1 N–H and O–H groups in total. The van der Waals surface area contributed by atoms with Gasteiger partial charge in [0, 0.05) is 28.4 Å². The van der Waals surface area contributed by atoms with Gasteiger partial charge in [-0.3, -0.25) is 4.79 Å². The molecule has 0 aliphatic carbocycles. The van der Waals surface area contributed by atoms with Gasteiger partial charge in [0.1, 0.15) is 12.5 Å². The Hall–Kier alpha value is -2.32. The van der Waals surface area contributed by atoms with Crippen LogP contribution in [0.2, 0.25) is 10.0 Å². The first-order valence-electron chi connectivity index (χ1n) is 8.51. The van der Waals surface area contributed by atoms with E-state index in [1.165, 1.54) is 0 Å². The molecule has 152 valence electrons. The number of carbonyl (C=O) groups is 1. The van der Waals surface area contributed by atoms with Crippen molar-refractivity contribution in [2.75, 3.05) is 31.5 Å². The maximum atomic E-state index is 11.4. The first-order valence-corrected chi connectivity index (χ1v) is 9.80. The molecule has 7 nitrogen and oxygen atoms in total. The summed E-state index contributed by atoms with van der Waals surface area (Å²) in [6.07, 6.45) is 0. The highest BCUT2D eigenvalue weighted by Crippen LogP contribution is 2.29. The van der Waals surface area contributed by atoms with E-state index >= 15 is 0 Å². The van der Waals surface area contributed by atoms with E-state index in [0.29, 0.717) is 46.0 Å². The van der Waals surface area contributed by atoms with Crippen LogP contribution >= 0.6 is 34.8 Å². The Morgan fingerprint density at radius 1 is 1.10 bits per heavy atom. The number of alkyl halides is 1. The van der Waals surface area contributed by atoms with E-state index < -0.39 is 0 Å². The van der Waals surface area contributed by atoms with Gasteiger partial charge in [0.05, 0.1) is 12.3 Å². The predicted molar refractivity (Wildman–Crippen MR) is 114 cm³/mol. The predicted octanol–water partition coefficient (Wildman–Crippen LogP) is 4.44. The van der Waals surface area contributed by atoms with Gasteiger partial charge in [-0.2, -0.15) is 4.98 Å². The molecule has 1 heterocycles. The first kappa shape index (κ1) is 21.4. The largest absolute Gasteiger partial charge is 0.460 e. The Morgan fingerprint density at radius 2 is 1.79 bits per heavy atom. The van der Waals surface area contributed by atoms with E-state index in [1.54, 1.807) is 54.3 Å². The summed E-state index contributed by atoms with van der Waals surface area (Å²) in [5.41, 5.74) is 1.99. The van der Waals surface area contributed by atoms with E-state index in [4.69, 9.17) is 44.3 Å². The van der Waals surface area contributed by atoms with Gasteiger partial charge in [0.2, 0.25) is 5.91 Å². The number of anilines is 1. The number of hydrogen-bond acceptors (Lipinski definition) is 5. The number of benzene rings is 2. The highest BCUT2D eigenvalue weighted by atomic mass is 35.5. The SMILES string of the molecule is COCCOc1nc(-c2cc(Cl)cc(Cl)c2)n(-c2ccc(NC(=O)CCl)cc2)n1. The fraction of sp³-hybridized carbons (Fsp3) is 0.211. The minimum absolute atomic E-state index is 0.118. The number of carbonyl (C=O) groups excluding carboxylic acids is 1. The molecule has 0 spiro atoms. The van der Waals surface area contributed by atoms with Crippen LogP contribution in [-0.2, 0) is 9.53 Å². The molecule has 0 radical (unpaired) electrons. The molecule has 0 saturated heterocycles. The van der Waals surface area contributed by atoms with Gasteiger partial charge in [-0.1, -0.05) is 23.2 Å². The van der Waals surface area contributed by atoms with Crippen LogP contribution in [0.3, 0.4) is 0 Å². The molecule has 2 aromatic carbocycles. The lowest BCUT2D eigenvalue weighted by atomic mass is 10.2. The Balaban J connectivity index is 1.98. The Bertz CT molecular complexity index is 973. The summed E-state index contributed by atoms with van der Waals surface area (Å²) >= 11 is 17.8. The number of nitrogens with one attached hydrogen (secondary N) is 1. The van der Waals surface area contributed by atoms with E-state index in [0.717, 1.165) is 0 Å². The lowest BCUT2D eigenvalue weighted by Gasteiger charge is -2.08. The number of ether oxygens (including phenoxy) is 2. The maximum Gasteiger partial charge on any atom is 0.336 e. The second-order valence-electron chi connectivity index (χ2n) is 5.86. The summed E-state index contributed by atoms with van der Waals surface area (Å²) in [6.45, 7) is 0.710. The smallest absolute Gasteiger partial charge is 0.336 e. The Kier molecular flexibility index (Phi) is 7.33. The Morgan fingerprint density at radius 3 is 2.41 bits per heavy atom. The molecule has 0 saturated carbocycles. The zero-order valence-corrected chi connectivity index (χ0v) is 17.6. The molecule has 1 amide bonds. The molecule has 3 rings (SSSR count). The molecule has 0 bridgehead atoms. The third kappa shape index (κ3) is 5.61. The van der Waals surface area contributed by atoms with Crippen molar-refractivity contribution < 1.29 is 14.3 Å². The van der Waals surface area contributed by atoms with E-state index in [2.05, 4.69) is 15.4 Å². The average Bonchev–Trinajstić information content (AvgIpc) is 3.12. The van der Waals surface area contributed by atoms with Crippen molar-refractivity contribution in [2.45, 2.75) is 0 Å². The van der Waals surface area contributed by atoms with Gasteiger partial charge < -0.3 is 14.8 Å². The third-order valence-electron chi connectivity index (χ3n) is 3.74. The summed E-state index contributed by atoms with van der Waals surface area (Å²) in [5.74, 6) is 0.0924. The topological polar surface area (TPSA) is 78.3 Å². The minimum atomic E-state index is -0.289. The molecule has 0 aliphatic heterocycles. The van der Waals surface area contributed by atoms with Crippen LogP contribution in [0, 0.1) is 0 Å². The normalized spacial score (nSPS) is 10.8. The van der Waals surface area contributed by atoms with Crippen molar-refractivity contribution in [1.29, 1.82) is 0 Å². The highest BCUT2D eigenvalue weighted by Gasteiger charge is 2.16. The van der Waals surface area contributed by atoms with Crippen LogP contribution < -0.4 is 10.1 Å². The zero-order valence-electron chi connectivity index (χ0n) is 15.4. The van der Waals surface area contributed by atoms with Crippen LogP contribution in [-0.4, -0.2) is 46.9 Å². The summed E-state index contributed by atoms with van der Waals surface area (Å²) in [6, 6.07) is 12.3. The van der Waals surface area contributed by atoms with Gasteiger partial charge in [-0.15, -0.1) is 16.7 Å². The van der Waals surface area contributed by atoms with Crippen molar-refractivity contribution in [3.63, 3.8) is 0 Å². The molecular formula is C19H17Cl3N4O3. The molecule has 0 unspecified atom stereocenters. The average molecular weight is 456 g/mol. The van der Waals surface area contributed by atoms with E-state index in [1.807, 2.05) is 0 Å². The fourth-order valence-electron chi connectivity index (χ4n) is 2.50. The third-order valence-corrected chi connectivity index (χ3v) is 4.42. The molecule has 10 heteroatoms. The van der Waals surface area contributed by atoms with Gasteiger partial charge in [-0.25, -0.2) is 4.68 Å². The van der Waals surface area contributed by atoms with Crippen LogP contribution in [0.5, 0.6) is 6.01 Å². The summed E-state index contributed by atoms with van der Waals surface area (Å²) in [7, 11) is 1.58.